The van der Waals surface area contributed by atoms with Crippen molar-refractivity contribution in [3.05, 3.63) is 0 Å². The van der Waals surface area contributed by atoms with Crippen LogP contribution >= 0.6 is 0 Å². The normalized spacial score (nSPS) is 16.3. The van der Waals surface area contributed by atoms with Crippen molar-refractivity contribution in [1.82, 2.24) is 0 Å². The van der Waals surface area contributed by atoms with E-state index < -0.39 is 42.8 Å². The molecule has 0 fully saturated rings. The van der Waals surface area contributed by atoms with Crippen LogP contribution in [0, 0.1) is 0 Å². The molecule has 0 aliphatic rings. The Kier molecular flexibility index (Phi) is 4.17. The van der Waals surface area contributed by atoms with Gasteiger partial charge in [-0.2, -0.15) is 52.0 Å². The smallest absolute Gasteiger partial charge is 0.195 e. The second-order valence-electron chi connectivity index (χ2n) is 3.06. The van der Waals surface area contributed by atoms with E-state index in [1.165, 1.54) is 0 Å². The van der Waals surface area contributed by atoms with Gasteiger partial charge in [0, 0.05) is 0 Å². The Morgan fingerprint density at radius 3 is 0.950 bits per heavy atom. The SMILES string of the molecule is O=S(=O)(F)C(F)(C(F)(F)C(F)(F)C(F)(F)F)S(=O)(=O)F. The molecule has 20 heavy (non-hydrogen) atoms. The van der Waals surface area contributed by atoms with Crippen LogP contribution in [0.4, 0.5) is 42.9 Å². The Labute approximate surface area is 103 Å². The molecular formula is C4F10O4S2. The molecule has 0 spiro atoms. The van der Waals surface area contributed by atoms with E-state index in [1.54, 1.807) is 0 Å². The van der Waals surface area contributed by atoms with Gasteiger partial charge in [0.2, 0.25) is 0 Å². The van der Waals surface area contributed by atoms with Gasteiger partial charge < -0.3 is 0 Å². The number of halogens is 10. The Hall–Kier alpha value is -0.800. The van der Waals surface area contributed by atoms with Crippen LogP contribution in [-0.4, -0.2) is 39.2 Å². The van der Waals surface area contributed by atoms with Crippen LogP contribution in [0.25, 0.3) is 0 Å². The Morgan fingerprint density at radius 2 is 0.800 bits per heavy atom. The lowest BCUT2D eigenvalue weighted by atomic mass is 10.2. The summed E-state index contributed by atoms with van der Waals surface area (Å²) in [7, 11) is -16.2. The van der Waals surface area contributed by atoms with Gasteiger partial charge in [0.15, 0.2) is 0 Å². The first-order valence-electron chi connectivity index (χ1n) is 3.65. The number of hydrogen-bond donors (Lipinski definition) is 0. The zero-order valence-electron chi connectivity index (χ0n) is 8.23. The third-order valence-electron chi connectivity index (χ3n) is 1.75. The monoisotopic (exact) mass is 366 g/mol. The molecule has 0 aliphatic carbocycles. The lowest BCUT2D eigenvalue weighted by molar-refractivity contribution is -0.363. The summed E-state index contributed by atoms with van der Waals surface area (Å²) in [5.74, 6) is -15.6. The van der Waals surface area contributed by atoms with E-state index in [0.717, 1.165) is 0 Å². The molecule has 0 saturated heterocycles. The van der Waals surface area contributed by atoms with Crippen LogP contribution in [0.1, 0.15) is 0 Å². The highest BCUT2D eigenvalue weighted by Gasteiger charge is 2.89. The minimum Gasteiger partial charge on any atom is -0.195 e. The minimum atomic E-state index is -8.08. The third-order valence-corrected chi connectivity index (χ3v) is 4.71. The van der Waals surface area contributed by atoms with Gasteiger partial charge in [-0.15, -0.1) is 7.77 Å². The van der Waals surface area contributed by atoms with Crippen molar-refractivity contribution in [3.63, 3.8) is 0 Å². The first kappa shape index (κ1) is 19.2. The number of alkyl halides is 8. The predicted molar refractivity (Wildman–Crippen MR) is 39.8 cm³/mol. The molecule has 0 unspecified atom stereocenters. The predicted octanol–water partition coefficient (Wildman–Crippen LogP) is 2.04. The van der Waals surface area contributed by atoms with Gasteiger partial charge in [-0.05, 0) is 0 Å². The summed E-state index contributed by atoms with van der Waals surface area (Å²) in [4.78, 5) is 0. The highest BCUT2D eigenvalue weighted by Crippen LogP contribution is 2.56. The molecule has 0 amide bonds. The van der Waals surface area contributed by atoms with Gasteiger partial charge in [0.25, 0.3) is 0 Å². The van der Waals surface area contributed by atoms with Crippen molar-refractivity contribution < 1.29 is 59.7 Å². The van der Waals surface area contributed by atoms with Crippen LogP contribution in [0.3, 0.4) is 0 Å². The molecular weight excluding hydrogens is 366 g/mol. The summed E-state index contributed by atoms with van der Waals surface area (Å²) in [5, 5.41) is 0. The Balaban J connectivity index is 6.71. The van der Waals surface area contributed by atoms with E-state index >= 15 is 0 Å². The Bertz CT molecular complexity index is 553. The highest BCUT2D eigenvalue weighted by atomic mass is 32.3. The first-order chi connectivity index (χ1) is 8.25. The molecule has 122 valence electrons. The number of rotatable bonds is 4. The van der Waals surface area contributed by atoms with Gasteiger partial charge in [0.1, 0.15) is 0 Å². The Morgan fingerprint density at radius 1 is 0.550 bits per heavy atom. The molecule has 0 radical (unpaired) electrons. The van der Waals surface area contributed by atoms with E-state index in [2.05, 4.69) is 0 Å². The maximum absolute atomic E-state index is 13.0. The van der Waals surface area contributed by atoms with Crippen molar-refractivity contribution in [1.29, 1.82) is 0 Å². The molecule has 0 N–H and O–H groups in total. The fraction of sp³-hybridized carbons (Fsp3) is 1.00. The first-order valence-corrected chi connectivity index (χ1v) is 6.41. The molecule has 0 atom stereocenters. The molecule has 0 rings (SSSR count). The van der Waals surface area contributed by atoms with E-state index in [4.69, 9.17) is 0 Å². The zero-order chi connectivity index (χ0) is 17.0. The second kappa shape index (κ2) is 4.35. The highest BCUT2D eigenvalue weighted by molar-refractivity contribution is 8.05. The van der Waals surface area contributed by atoms with Crippen molar-refractivity contribution in [2.45, 2.75) is 22.4 Å². The standard InChI is InChI=1S/C4F10O4S2/c5-1(6,3(9,10)11)2(7,8)4(12,19(13,15)16)20(14,17)18. The summed E-state index contributed by atoms with van der Waals surface area (Å²) in [5.41, 5.74) is 0. The molecule has 0 saturated carbocycles. The number of hydrogen-bond acceptors (Lipinski definition) is 4. The largest absolute Gasteiger partial charge is 0.460 e. The maximum atomic E-state index is 13.0. The zero-order valence-corrected chi connectivity index (χ0v) is 9.86. The van der Waals surface area contributed by atoms with Crippen LogP contribution in [0.5, 0.6) is 0 Å². The molecule has 0 aromatic rings. The fourth-order valence-corrected chi connectivity index (χ4v) is 2.61. The van der Waals surface area contributed by atoms with Crippen LogP contribution < -0.4 is 0 Å². The van der Waals surface area contributed by atoms with Gasteiger partial charge in [-0.3, -0.25) is 0 Å². The molecule has 0 bridgehead atoms. The maximum Gasteiger partial charge on any atom is 0.460 e. The second-order valence-corrected chi connectivity index (χ2v) is 6.19. The van der Waals surface area contributed by atoms with Gasteiger partial charge in [-0.1, -0.05) is 0 Å². The molecule has 16 heteroatoms. The molecule has 0 aromatic carbocycles. The van der Waals surface area contributed by atoms with E-state index in [1.807, 2.05) is 0 Å². The summed E-state index contributed by atoms with van der Waals surface area (Å²) < 4.78 is 154. The van der Waals surface area contributed by atoms with Crippen molar-refractivity contribution in [2.75, 3.05) is 0 Å². The van der Waals surface area contributed by atoms with E-state index in [9.17, 15) is 59.7 Å². The van der Waals surface area contributed by atoms with Crippen LogP contribution in [0.15, 0.2) is 0 Å². The third kappa shape index (κ3) is 2.31. The average Bonchev–Trinajstić information content (AvgIpc) is 2.10. The molecule has 0 heterocycles. The van der Waals surface area contributed by atoms with Crippen molar-refractivity contribution >= 4 is 20.4 Å². The summed E-state index contributed by atoms with van der Waals surface area (Å²) in [6.45, 7) is 0. The van der Waals surface area contributed by atoms with E-state index in [0.29, 0.717) is 0 Å². The lowest BCUT2D eigenvalue weighted by Gasteiger charge is -2.33. The molecule has 0 aliphatic heterocycles. The quantitative estimate of drug-likeness (QED) is 0.564. The average molecular weight is 366 g/mol. The lowest BCUT2D eigenvalue weighted by Crippen LogP contribution is -2.66. The van der Waals surface area contributed by atoms with Gasteiger partial charge >= 0.3 is 42.8 Å². The van der Waals surface area contributed by atoms with Gasteiger partial charge in [-0.25, -0.2) is 0 Å². The van der Waals surface area contributed by atoms with Gasteiger partial charge in [0.05, 0.1) is 0 Å². The topological polar surface area (TPSA) is 68.3 Å². The minimum absolute atomic E-state index is 7.41. The van der Waals surface area contributed by atoms with Crippen molar-refractivity contribution in [2.24, 2.45) is 0 Å². The van der Waals surface area contributed by atoms with Crippen LogP contribution in [-0.2, 0) is 20.4 Å². The fourth-order valence-electron chi connectivity index (χ4n) is 0.791. The summed E-state index contributed by atoms with van der Waals surface area (Å²) in [6.07, 6.45) is -7.41. The molecule has 4 nitrogen and oxygen atoms in total. The van der Waals surface area contributed by atoms with Crippen molar-refractivity contribution in [3.8, 4) is 0 Å². The van der Waals surface area contributed by atoms with E-state index in [-0.39, 0.29) is 0 Å². The summed E-state index contributed by atoms with van der Waals surface area (Å²) in [6, 6.07) is 0. The summed E-state index contributed by atoms with van der Waals surface area (Å²) >= 11 is 0. The molecule has 0 aromatic heterocycles. The van der Waals surface area contributed by atoms with Crippen LogP contribution in [0.2, 0.25) is 0 Å².